The normalized spacial score (nSPS) is 10.8. The number of amides is 1. The minimum Gasteiger partial charge on any atom is -0.350 e. The minimum absolute atomic E-state index is 0.0219. The molecule has 1 aromatic heterocycles. The van der Waals surface area contributed by atoms with Crippen molar-refractivity contribution in [2.75, 3.05) is 5.32 Å². The summed E-state index contributed by atoms with van der Waals surface area (Å²) < 4.78 is 13.1. The Kier molecular flexibility index (Phi) is 6.54. The summed E-state index contributed by atoms with van der Waals surface area (Å²) >= 11 is 0. The van der Waals surface area contributed by atoms with Crippen molar-refractivity contribution in [1.82, 2.24) is 14.9 Å². The molecule has 0 fully saturated rings. The molecule has 0 radical (unpaired) electrons. The fourth-order valence-electron chi connectivity index (χ4n) is 2.96. The second kappa shape index (κ2) is 9.28. The fourth-order valence-corrected chi connectivity index (χ4v) is 2.96. The summed E-state index contributed by atoms with van der Waals surface area (Å²) in [7, 11) is 0. The van der Waals surface area contributed by atoms with Crippen molar-refractivity contribution in [3.05, 3.63) is 89.0 Å². The number of anilines is 1. The molecule has 1 N–H and O–H groups in total. The quantitative estimate of drug-likeness (QED) is 0.639. The molecule has 0 aliphatic heterocycles. The van der Waals surface area contributed by atoms with Crippen molar-refractivity contribution in [2.45, 2.75) is 39.9 Å². The molecule has 150 valence electrons. The number of hydrogen-bond acceptors (Lipinski definition) is 4. The van der Waals surface area contributed by atoms with Crippen LogP contribution in [0.3, 0.4) is 0 Å². The van der Waals surface area contributed by atoms with E-state index in [9.17, 15) is 9.18 Å². The van der Waals surface area contributed by atoms with Crippen LogP contribution in [0.25, 0.3) is 0 Å². The first-order valence-corrected chi connectivity index (χ1v) is 9.61. The van der Waals surface area contributed by atoms with Crippen LogP contribution >= 0.6 is 0 Å². The van der Waals surface area contributed by atoms with Crippen molar-refractivity contribution < 1.29 is 9.18 Å². The Morgan fingerprint density at radius 2 is 1.72 bits per heavy atom. The van der Waals surface area contributed by atoms with Gasteiger partial charge in [-0.15, -0.1) is 0 Å². The van der Waals surface area contributed by atoms with Crippen LogP contribution in [0.1, 0.15) is 41.2 Å². The maximum Gasteiger partial charge on any atom is 0.273 e. The molecule has 0 aliphatic carbocycles. The average Bonchev–Trinajstić information content (AvgIpc) is 2.71. The van der Waals surface area contributed by atoms with E-state index in [-0.39, 0.29) is 17.8 Å². The van der Waals surface area contributed by atoms with Crippen LogP contribution < -0.4 is 5.32 Å². The van der Waals surface area contributed by atoms with Gasteiger partial charge in [0, 0.05) is 24.8 Å². The van der Waals surface area contributed by atoms with Crippen molar-refractivity contribution in [3.8, 4) is 0 Å². The molecule has 0 aliphatic rings. The van der Waals surface area contributed by atoms with E-state index in [0.717, 1.165) is 11.1 Å². The van der Waals surface area contributed by atoms with Gasteiger partial charge in [-0.25, -0.2) is 14.4 Å². The molecule has 0 bridgehead atoms. The summed E-state index contributed by atoms with van der Waals surface area (Å²) in [5, 5.41) is 3.12. The highest BCUT2D eigenvalue weighted by atomic mass is 19.1. The van der Waals surface area contributed by atoms with Gasteiger partial charge >= 0.3 is 0 Å². The molecule has 0 atom stereocenters. The van der Waals surface area contributed by atoms with Gasteiger partial charge < -0.3 is 10.2 Å². The van der Waals surface area contributed by atoms with Crippen molar-refractivity contribution >= 4 is 11.9 Å². The zero-order chi connectivity index (χ0) is 20.8. The van der Waals surface area contributed by atoms with E-state index in [4.69, 9.17) is 0 Å². The molecular weight excluding hydrogens is 367 g/mol. The Balaban J connectivity index is 1.77. The van der Waals surface area contributed by atoms with Gasteiger partial charge in [-0.3, -0.25) is 4.79 Å². The lowest BCUT2D eigenvalue weighted by Crippen LogP contribution is -2.37. The van der Waals surface area contributed by atoms with Crippen LogP contribution in [0.4, 0.5) is 10.3 Å². The molecule has 29 heavy (non-hydrogen) atoms. The monoisotopic (exact) mass is 392 g/mol. The van der Waals surface area contributed by atoms with E-state index in [0.29, 0.717) is 30.4 Å². The molecule has 1 heterocycles. The molecule has 5 nitrogen and oxygen atoms in total. The second-order valence-corrected chi connectivity index (χ2v) is 7.21. The topological polar surface area (TPSA) is 58.1 Å². The van der Waals surface area contributed by atoms with Crippen LogP contribution in [0.15, 0.2) is 60.7 Å². The van der Waals surface area contributed by atoms with Gasteiger partial charge in [0.15, 0.2) is 0 Å². The van der Waals surface area contributed by atoms with Gasteiger partial charge in [0.05, 0.1) is 0 Å². The molecular formula is C23H25FN4O. The first-order chi connectivity index (χ1) is 13.9. The maximum atomic E-state index is 13.2. The molecule has 0 saturated heterocycles. The molecule has 3 aromatic rings. The molecule has 0 saturated carbocycles. The van der Waals surface area contributed by atoms with E-state index in [1.807, 2.05) is 51.1 Å². The summed E-state index contributed by atoms with van der Waals surface area (Å²) in [6, 6.07) is 17.8. The Bertz CT molecular complexity index is 958. The standard InChI is InChI=1S/C23H25FN4O/c1-16(2)28(15-19-7-5-4-6-8-19)22(29)21-13-17(3)26-23(27-21)25-14-18-9-11-20(24)12-10-18/h4-13,16H,14-15H2,1-3H3,(H,25,26,27). The predicted octanol–water partition coefficient (Wildman–Crippen LogP) is 4.59. The van der Waals surface area contributed by atoms with Gasteiger partial charge in [0.1, 0.15) is 11.5 Å². The van der Waals surface area contributed by atoms with Crippen molar-refractivity contribution in [1.29, 1.82) is 0 Å². The number of rotatable bonds is 7. The largest absolute Gasteiger partial charge is 0.350 e. The summed E-state index contributed by atoms with van der Waals surface area (Å²) in [6.07, 6.45) is 0. The van der Waals surface area contributed by atoms with E-state index in [2.05, 4.69) is 15.3 Å². The van der Waals surface area contributed by atoms with E-state index < -0.39 is 0 Å². The van der Waals surface area contributed by atoms with Gasteiger partial charge in [0.2, 0.25) is 5.95 Å². The third-order valence-corrected chi connectivity index (χ3v) is 4.52. The van der Waals surface area contributed by atoms with Crippen molar-refractivity contribution in [2.24, 2.45) is 0 Å². The third-order valence-electron chi connectivity index (χ3n) is 4.52. The Labute approximate surface area is 170 Å². The summed E-state index contributed by atoms with van der Waals surface area (Å²) in [6.45, 7) is 6.76. The lowest BCUT2D eigenvalue weighted by atomic mass is 10.1. The highest BCUT2D eigenvalue weighted by Gasteiger charge is 2.21. The smallest absolute Gasteiger partial charge is 0.273 e. The SMILES string of the molecule is Cc1cc(C(=O)N(Cc2ccccc2)C(C)C)nc(NCc2ccc(F)cc2)n1. The van der Waals surface area contributed by atoms with E-state index in [1.54, 1.807) is 23.1 Å². The Hall–Kier alpha value is -3.28. The van der Waals surface area contributed by atoms with Gasteiger partial charge in [-0.2, -0.15) is 0 Å². The predicted molar refractivity (Wildman–Crippen MR) is 112 cm³/mol. The Morgan fingerprint density at radius 1 is 1.03 bits per heavy atom. The number of halogens is 1. The number of aromatic nitrogens is 2. The number of aryl methyl sites for hydroxylation is 1. The first-order valence-electron chi connectivity index (χ1n) is 9.61. The van der Waals surface area contributed by atoms with Crippen LogP contribution in [-0.4, -0.2) is 26.8 Å². The lowest BCUT2D eigenvalue weighted by Gasteiger charge is -2.26. The highest BCUT2D eigenvalue weighted by Crippen LogP contribution is 2.15. The fraction of sp³-hybridized carbons (Fsp3) is 0.261. The number of carbonyl (C=O) groups is 1. The number of benzene rings is 2. The second-order valence-electron chi connectivity index (χ2n) is 7.21. The average molecular weight is 392 g/mol. The Morgan fingerprint density at radius 3 is 2.38 bits per heavy atom. The van der Waals surface area contributed by atoms with Crippen LogP contribution in [0.5, 0.6) is 0 Å². The lowest BCUT2D eigenvalue weighted by molar-refractivity contribution is 0.0684. The summed E-state index contributed by atoms with van der Waals surface area (Å²) in [5.41, 5.74) is 3.02. The molecule has 0 unspecified atom stereocenters. The zero-order valence-corrected chi connectivity index (χ0v) is 16.9. The molecule has 2 aromatic carbocycles. The van der Waals surface area contributed by atoms with E-state index >= 15 is 0 Å². The maximum absolute atomic E-state index is 13.2. The number of nitrogens with one attached hydrogen (secondary N) is 1. The minimum atomic E-state index is -0.277. The van der Waals surface area contributed by atoms with Gasteiger partial charge in [-0.1, -0.05) is 42.5 Å². The summed E-state index contributed by atoms with van der Waals surface area (Å²) in [4.78, 5) is 23.8. The van der Waals surface area contributed by atoms with Crippen LogP contribution in [0.2, 0.25) is 0 Å². The van der Waals surface area contributed by atoms with Crippen LogP contribution in [-0.2, 0) is 13.1 Å². The zero-order valence-electron chi connectivity index (χ0n) is 16.9. The molecule has 6 heteroatoms. The molecule has 1 amide bonds. The first kappa shape index (κ1) is 20.5. The van der Waals surface area contributed by atoms with Gasteiger partial charge in [0.25, 0.3) is 5.91 Å². The number of carbonyl (C=O) groups excluding carboxylic acids is 1. The third kappa shape index (κ3) is 5.60. The van der Waals surface area contributed by atoms with Crippen LogP contribution in [0, 0.1) is 12.7 Å². The van der Waals surface area contributed by atoms with Crippen molar-refractivity contribution in [3.63, 3.8) is 0 Å². The molecule has 0 spiro atoms. The van der Waals surface area contributed by atoms with Gasteiger partial charge in [-0.05, 0) is 50.1 Å². The summed E-state index contributed by atoms with van der Waals surface area (Å²) in [5.74, 6) is -0.0408. The number of nitrogens with zero attached hydrogens (tertiary/aromatic N) is 3. The van der Waals surface area contributed by atoms with E-state index in [1.165, 1.54) is 12.1 Å². The molecule has 3 rings (SSSR count). The number of hydrogen-bond donors (Lipinski definition) is 1. The highest BCUT2D eigenvalue weighted by molar-refractivity contribution is 5.92.